The van der Waals surface area contributed by atoms with Gasteiger partial charge in [0.2, 0.25) is 0 Å². The lowest BCUT2D eigenvalue weighted by Crippen LogP contribution is -2.22. The van der Waals surface area contributed by atoms with Crippen molar-refractivity contribution >= 4 is 0 Å². The second-order valence-corrected chi connectivity index (χ2v) is 7.94. The smallest absolute Gasteiger partial charge is 0.199 e. The average Bonchev–Trinajstić information content (AvgIpc) is 2.35. The van der Waals surface area contributed by atoms with Crippen molar-refractivity contribution in [2.24, 2.45) is 17.3 Å². The third kappa shape index (κ3) is 6.09. The van der Waals surface area contributed by atoms with Crippen LogP contribution in [-0.4, -0.2) is 11.4 Å². The van der Waals surface area contributed by atoms with Crippen molar-refractivity contribution in [1.82, 2.24) is 0 Å². The molecule has 0 aromatic heterocycles. The second kappa shape index (κ2) is 7.31. The van der Waals surface area contributed by atoms with Crippen LogP contribution in [0, 0.1) is 17.3 Å². The van der Waals surface area contributed by atoms with Crippen molar-refractivity contribution in [2.45, 2.75) is 67.1 Å². The summed E-state index contributed by atoms with van der Waals surface area (Å²) in [5.41, 5.74) is 1.67. The Morgan fingerprint density at radius 1 is 0.952 bits per heavy atom. The molecule has 0 aliphatic carbocycles. The van der Waals surface area contributed by atoms with Crippen LogP contribution in [0.3, 0.4) is 0 Å². The Balaban J connectivity index is 2.83. The lowest BCUT2D eigenvalue weighted by molar-refractivity contribution is -0.0515. The highest BCUT2D eigenvalue weighted by Crippen LogP contribution is 2.36. The Kier molecular flexibility index (Phi) is 6.27. The second-order valence-electron chi connectivity index (χ2n) is 7.94. The molecular weight excluding hydrogens is 260 g/mol. The molecule has 2 heteroatoms. The lowest BCUT2D eigenvalue weighted by Gasteiger charge is -2.29. The lowest BCUT2D eigenvalue weighted by atomic mass is 9.76. The van der Waals surface area contributed by atoms with Gasteiger partial charge in [0.25, 0.3) is 0 Å². The summed E-state index contributed by atoms with van der Waals surface area (Å²) in [5, 5.41) is 9.78. The minimum absolute atomic E-state index is 0.0916. The van der Waals surface area contributed by atoms with E-state index in [-0.39, 0.29) is 5.92 Å². The van der Waals surface area contributed by atoms with E-state index >= 15 is 0 Å². The molecule has 0 fully saturated rings. The molecule has 0 saturated heterocycles. The molecule has 0 aliphatic rings. The Labute approximate surface area is 130 Å². The van der Waals surface area contributed by atoms with Crippen molar-refractivity contribution in [3.8, 4) is 5.75 Å². The topological polar surface area (TPSA) is 29.5 Å². The molecule has 1 aromatic carbocycles. The van der Waals surface area contributed by atoms with Gasteiger partial charge in [-0.15, -0.1) is 0 Å². The van der Waals surface area contributed by atoms with Gasteiger partial charge in [-0.05, 0) is 41.4 Å². The van der Waals surface area contributed by atoms with E-state index in [2.05, 4.69) is 46.8 Å². The highest BCUT2D eigenvalue weighted by atomic mass is 16.6. The summed E-state index contributed by atoms with van der Waals surface area (Å²) in [7, 11) is 0. The van der Waals surface area contributed by atoms with Crippen LogP contribution < -0.4 is 4.74 Å². The van der Waals surface area contributed by atoms with Gasteiger partial charge in [-0.1, -0.05) is 60.6 Å². The number of aliphatic hydroxyl groups is 1. The first-order chi connectivity index (χ1) is 9.60. The summed E-state index contributed by atoms with van der Waals surface area (Å²) >= 11 is 0. The standard InChI is InChI=1S/C19H32O2/c1-13(2)17(12-19(5,6)7)15-8-10-16(11-9-15)21-18(20)14(3)4/h8-11,13-14,17-18,20H,12H2,1-7H3. The molecule has 0 saturated carbocycles. The molecule has 0 spiro atoms. The Bertz CT molecular complexity index is 412. The quantitative estimate of drug-likeness (QED) is 0.729. The zero-order chi connectivity index (χ0) is 16.2. The first-order valence-corrected chi connectivity index (χ1v) is 8.05. The third-order valence-electron chi connectivity index (χ3n) is 3.77. The number of ether oxygens (including phenoxy) is 1. The highest BCUT2D eigenvalue weighted by Gasteiger charge is 2.23. The number of benzene rings is 1. The summed E-state index contributed by atoms with van der Waals surface area (Å²) in [6, 6.07) is 8.22. The number of aliphatic hydroxyl groups excluding tert-OH is 1. The van der Waals surface area contributed by atoms with E-state index in [1.165, 1.54) is 12.0 Å². The minimum atomic E-state index is -0.744. The Morgan fingerprint density at radius 3 is 1.86 bits per heavy atom. The van der Waals surface area contributed by atoms with Crippen molar-refractivity contribution in [3.05, 3.63) is 29.8 Å². The summed E-state index contributed by atoms with van der Waals surface area (Å²) in [6.45, 7) is 15.3. The average molecular weight is 292 g/mol. The van der Waals surface area contributed by atoms with Crippen LogP contribution in [0.4, 0.5) is 0 Å². The zero-order valence-electron chi connectivity index (χ0n) is 14.7. The third-order valence-corrected chi connectivity index (χ3v) is 3.77. The van der Waals surface area contributed by atoms with Crippen LogP contribution in [-0.2, 0) is 0 Å². The van der Waals surface area contributed by atoms with Crippen LogP contribution in [0.2, 0.25) is 0 Å². The normalized spacial score (nSPS) is 15.3. The predicted molar refractivity (Wildman–Crippen MR) is 89.6 cm³/mol. The fourth-order valence-corrected chi connectivity index (χ4v) is 2.47. The van der Waals surface area contributed by atoms with Crippen molar-refractivity contribution in [1.29, 1.82) is 0 Å². The molecule has 120 valence electrons. The van der Waals surface area contributed by atoms with Gasteiger partial charge < -0.3 is 9.84 Å². The van der Waals surface area contributed by atoms with Crippen LogP contribution in [0.1, 0.15) is 66.4 Å². The molecule has 1 aromatic rings. The maximum Gasteiger partial charge on any atom is 0.199 e. The van der Waals surface area contributed by atoms with E-state index in [9.17, 15) is 5.11 Å². The van der Waals surface area contributed by atoms with Gasteiger partial charge in [0.05, 0.1) is 0 Å². The Hall–Kier alpha value is -1.02. The van der Waals surface area contributed by atoms with E-state index in [0.29, 0.717) is 17.3 Å². The van der Waals surface area contributed by atoms with Gasteiger partial charge in [-0.2, -0.15) is 0 Å². The zero-order valence-corrected chi connectivity index (χ0v) is 14.7. The maximum absolute atomic E-state index is 9.78. The monoisotopic (exact) mass is 292 g/mol. The molecule has 1 rings (SSSR count). The molecule has 0 amide bonds. The SMILES string of the molecule is CC(C)C(O)Oc1ccc(C(CC(C)(C)C)C(C)C)cc1. The predicted octanol–water partition coefficient (Wildman–Crippen LogP) is 5.22. The summed E-state index contributed by atoms with van der Waals surface area (Å²) in [5.74, 6) is 1.98. The van der Waals surface area contributed by atoms with E-state index in [1.54, 1.807) is 0 Å². The maximum atomic E-state index is 9.78. The molecule has 2 atom stereocenters. The minimum Gasteiger partial charge on any atom is -0.465 e. The molecule has 2 unspecified atom stereocenters. The van der Waals surface area contributed by atoms with Gasteiger partial charge in [0, 0.05) is 5.92 Å². The van der Waals surface area contributed by atoms with E-state index in [4.69, 9.17) is 4.74 Å². The molecular formula is C19H32O2. The van der Waals surface area contributed by atoms with Gasteiger partial charge in [-0.25, -0.2) is 0 Å². The van der Waals surface area contributed by atoms with E-state index < -0.39 is 6.29 Å². The van der Waals surface area contributed by atoms with E-state index in [0.717, 1.165) is 5.75 Å². The van der Waals surface area contributed by atoms with Crippen molar-refractivity contribution < 1.29 is 9.84 Å². The summed E-state index contributed by atoms with van der Waals surface area (Å²) < 4.78 is 5.53. The van der Waals surface area contributed by atoms with E-state index in [1.807, 2.05) is 26.0 Å². The van der Waals surface area contributed by atoms with Gasteiger partial charge in [0.1, 0.15) is 5.75 Å². The summed E-state index contributed by atoms with van der Waals surface area (Å²) in [6.07, 6.45) is 0.422. The molecule has 21 heavy (non-hydrogen) atoms. The molecule has 2 nitrogen and oxygen atoms in total. The fourth-order valence-electron chi connectivity index (χ4n) is 2.47. The molecule has 1 N–H and O–H groups in total. The number of rotatable bonds is 6. The fraction of sp³-hybridized carbons (Fsp3) is 0.684. The summed E-state index contributed by atoms with van der Waals surface area (Å²) in [4.78, 5) is 0. The van der Waals surface area contributed by atoms with Crippen molar-refractivity contribution in [2.75, 3.05) is 0 Å². The highest BCUT2D eigenvalue weighted by molar-refractivity contribution is 5.30. The molecule has 0 aliphatic heterocycles. The van der Waals surface area contributed by atoms with Crippen LogP contribution in [0.25, 0.3) is 0 Å². The van der Waals surface area contributed by atoms with Gasteiger partial charge in [0.15, 0.2) is 6.29 Å². The van der Waals surface area contributed by atoms with Crippen LogP contribution in [0.5, 0.6) is 5.75 Å². The molecule has 0 heterocycles. The first-order valence-electron chi connectivity index (χ1n) is 8.05. The van der Waals surface area contributed by atoms with Gasteiger partial charge in [-0.3, -0.25) is 0 Å². The van der Waals surface area contributed by atoms with Crippen LogP contribution >= 0.6 is 0 Å². The Morgan fingerprint density at radius 2 is 1.48 bits per heavy atom. The molecule has 0 radical (unpaired) electrons. The first kappa shape index (κ1) is 18.0. The number of hydrogen-bond donors (Lipinski definition) is 1. The van der Waals surface area contributed by atoms with Crippen LogP contribution in [0.15, 0.2) is 24.3 Å². The molecule has 0 bridgehead atoms. The number of hydrogen-bond acceptors (Lipinski definition) is 2. The largest absolute Gasteiger partial charge is 0.465 e. The van der Waals surface area contributed by atoms with Gasteiger partial charge >= 0.3 is 0 Å². The van der Waals surface area contributed by atoms with Crippen molar-refractivity contribution in [3.63, 3.8) is 0 Å².